The van der Waals surface area contributed by atoms with Gasteiger partial charge in [0, 0.05) is 29.7 Å². The van der Waals surface area contributed by atoms with Gasteiger partial charge < -0.3 is 9.97 Å². The maximum absolute atomic E-state index is 8.81. The fraction of sp³-hybridized carbons (Fsp3) is 0.143. The number of nitrogens with one attached hydrogen (secondary N) is 2. The normalized spacial score (nSPS) is 7.50. The van der Waals surface area contributed by atoms with Crippen LogP contribution in [0.25, 0.3) is 0 Å². The van der Waals surface area contributed by atoms with E-state index in [1.807, 2.05) is 0 Å². The minimum Gasteiger partial charge on any atom is -0.351 e. The van der Waals surface area contributed by atoms with Crippen LogP contribution in [0.5, 0.6) is 0 Å². The van der Waals surface area contributed by atoms with Crippen LogP contribution in [0.1, 0.15) is 0 Å². The van der Waals surface area contributed by atoms with E-state index in [0.717, 1.165) is 7.05 Å². The molecule has 7 heteroatoms. The van der Waals surface area contributed by atoms with Crippen LogP contribution in [0.15, 0.2) is 37.4 Å². The fourth-order valence-corrected chi connectivity index (χ4v) is 0.430. The lowest BCUT2D eigenvalue weighted by atomic mass is 11.0. The summed E-state index contributed by atoms with van der Waals surface area (Å²) in [6, 6.07) is 0. The van der Waals surface area contributed by atoms with Gasteiger partial charge in [0.15, 0.2) is 7.05 Å². The number of nitro groups is 1. The molecule has 0 unspecified atom stereocenters. The molecule has 0 spiro atoms. The summed E-state index contributed by atoms with van der Waals surface area (Å²) >= 11 is 0. The Kier molecular flexibility index (Phi) is 7.52. The molecule has 0 atom stereocenters. The molecule has 0 aliphatic rings. The molecule has 76 valence electrons. The van der Waals surface area contributed by atoms with Crippen LogP contribution in [0, 0.1) is 10.1 Å². The van der Waals surface area contributed by atoms with Crippen molar-refractivity contribution < 1.29 is 4.92 Å². The van der Waals surface area contributed by atoms with Gasteiger partial charge in [0.05, 0.1) is 12.7 Å². The van der Waals surface area contributed by atoms with Crippen LogP contribution in [-0.4, -0.2) is 31.9 Å². The Morgan fingerprint density at radius 2 is 1.50 bits per heavy atom. The molecule has 0 bridgehead atoms. The van der Waals surface area contributed by atoms with Crippen molar-refractivity contribution in [3.63, 3.8) is 0 Å². The fourth-order valence-electron chi connectivity index (χ4n) is 0.430. The number of imidazole rings is 2. The number of nitrogens with zero attached hydrogens (tertiary/aromatic N) is 3. The molecule has 0 radical (unpaired) electrons. The van der Waals surface area contributed by atoms with Crippen LogP contribution >= 0.6 is 0 Å². The van der Waals surface area contributed by atoms with Gasteiger partial charge in [-0.25, -0.2) is 9.97 Å². The molecule has 0 aliphatic carbocycles. The molecular weight excluding hydrogens is 186 g/mol. The van der Waals surface area contributed by atoms with E-state index in [2.05, 4.69) is 19.9 Å². The Labute approximate surface area is 80.4 Å². The third kappa shape index (κ3) is 12.5. The Morgan fingerprint density at radius 3 is 1.57 bits per heavy atom. The smallest absolute Gasteiger partial charge is 0.194 e. The predicted octanol–water partition coefficient (Wildman–Crippen LogP) is 0.712. The first kappa shape index (κ1) is 11.8. The zero-order chi connectivity index (χ0) is 10.6. The first-order valence-electron chi connectivity index (χ1n) is 3.67. The van der Waals surface area contributed by atoms with E-state index in [1.165, 1.54) is 0 Å². The topological polar surface area (TPSA) is 100 Å². The van der Waals surface area contributed by atoms with Crippen LogP contribution in [0.4, 0.5) is 0 Å². The molecule has 2 aromatic heterocycles. The molecular formula is C7H11N5O2. The Morgan fingerprint density at radius 1 is 1.14 bits per heavy atom. The molecule has 0 amide bonds. The van der Waals surface area contributed by atoms with Crippen LogP contribution < -0.4 is 0 Å². The summed E-state index contributed by atoms with van der Waals surface area (Å²) in [6.45, 7) is 0. The van der Waals surface area contributed by atoms with Crippen molar-refractivity contribution >= 4 is 0 Å². The summed E-state index contributed by atoms with van der Waals surface area (Å²) in [5.74, 6) is 0. The summed E-state index contributed by atoms with van der Waals surface area (Å²) in [4.78, 5) is 21.1. The number of rotatable bonds is 0. The zero-order valence-electron chi connectivity index (χ0n) is 7.62. The highest BCUT2D eigenvalue weighted by Gasteiger charge is 1.57. The van der Waals surface area contributed by atoms with Crippen molar-refractivity contribution in [1.29, 1.82) is 0 Å². The highest BCUT2D eigenvalue weighted by Crippen LogP contribution is 1.63. The molecule has 0 saturated carbocycles. The lowest BCUT2D eigenvalue weighted by molar-refractivity contribution is -0.445. The first-order valence-corrected chi connectivity index (χ1v) is 3.67. The average molecular weight is 197 g/mol. The Bertz CT molecular complexity index is 227. The number of hydrogen-bond donors (Lipinski definition) is 2. The molecule has 0 aromatic carbocycles. The van der Waals surface area contributed by atoms with E-state index in [1.54, 1.807) is 37.4 Å². The standard InChI is InChI=1S/2C3H4N2.CH3NO2/c2*1-2-5-3-4-1;1-2(3)4/h2*1-3H,(H,4,5);1H3. The molecule has 2 heterocycles. The van der Waals surface area contributed by atoms with Crippen LogP contribution in [0.3, 0.4) is 0 Å². The molecule has 2 rings (SSSR count). The van der Waals surface area contributed by atoms with Gasteiger partial charge in [-0.3, -0.25) is 10.1 Å². The molecule has 2 N–H and O–H groups in total. The van der Waals surface area contributed by atoms with Crippen molar-refractivity contribution in [2.24, 2.45) is 0 Å². The average Bonchev–Trinajstić information content (AvgIpc) is 2.83. The van der Waals surface area contributed by atoms with Gasteiger partial charge in [-0.1, -0.05) is 0 Å². The second-order valence-electron chi connectivity index (χ2n) is 1.96. The van der Waals surface area contributed by atoms with Gasteiger partial charge in [-0.15, -0.1) is 0 Å². The van der Waals surface area contributed by atoms with Crippen molar-refractivity contribution in [2.45, 2.75) is 0 Å². The number of aromatic amines is 2. The molecule has 14 heavy (non-hydrogen) atoms. The first-order chi connectivity index (χ1) is 6.73. The zero-order valence-corrected chi connectivity index (χ0v) is 7.62. The van der Waals surface area contributed by atoms with E-state index >= 15 is 0 Å². The summed E-state index contributed by atoms with van der Waals surface area (Å²) in [5, 5.41) is 8.81. The predicted molar refractivity (Wildman–Crippen MR) is 50.1 cm³/mol. The molecule has 0 saturated heterocycles. The van der Waals surface area contributed by atoms with Crippen molar-refractivity contribution in [1.82, 2.24) is 19.9 Å². The second-order valence-corrected chi connectivity index (χ2v) is 1.96. The van der Waals surface area contributed by atoms with Crippen molar-refractivity contribution in [3.05, 3.63) is 47.6 Å². The molecule has 0 fully saturated rings. The molecule has 0 aliphatic heterocycles. The second kappa shape index (κ2) is 8.91. The summed E-state index contributed by atoms with van der Waals surface area (Å²) in [5.41, 5.74) is 0. The van der Waals surface area contributed by atoms with E-state index in [0.29, 0.717) is 0 Å². The molecule has 7 nitrogen and oxygen atoms in total. The van der Waals surface area contributed by atoms with E-state index in [9.17, 15) is 0 Å². The highest BCUT2D eigenvalue weighted by atomic mass is 16.6. The van der Waals surface area contributed by atoms with Crippen molar-refractivity contribution in [2.75, 3.05) is 7.05 Å². The van der Waals surface area contributed by atoms with E-state index < -0.39 is 4.92 Å². The Balaban J connectivity index is 0.000000183. The third-order valence-corrected chi connectivity index (χ3v) is 0.812. The van der Waals surface area contributed by atoms with Gasteiger partial charge >= 0.3 is 0 Å². The number of hydrogen-bond acceptors (Lipinski definition) is 4. The summed E-state index contributed by atoms with van der Waals surface area (Å²) in [6.07, 6.45) is 10.2. The SMILES string of the molecule is C[N+](=O)[O-].c1c[nH]cn1.c1c[nH]cn1. The minimum absolute atomic E-state index is 0.500. The number of aromatic nitrogens is 4. The van der Waals surface area contributed by atoms with E-state index in [-0.39, 0.29) is 0 Å². The van der Waals surface area contributed by atoms with Gasteiger partial charge in [0.1, 0.15) is 0 Å². The van der Waals surface area contributed by atoms with Crippen molar-refractivity contribution in [3.8, 4) is 0 Å². The maximum atomic E-state index is 8.81. The largest absolute Gasteiger partial charge is 0.351 e. The van der Waals surface area contributed by atoms with Gasteiger partial charge in [-0.2, -0.15) is 0 Å². The van der Waals surface area contributed by atoms with Crippen LogP contribution in [-0.2, 0) is 0 Å². The lowest BCUT2D eigenvalue weighted by Gasteiger charge is -1.63. The summed E-state index contributed by atoms with van der Waals surface area (Å²) < 4.78 is 0. The van der Waals surface area contributed by atoms with Gasteiger partial charge in [0.25, 0.3) is 0 Å². The molecule has 2 aromatic rings. The quantitative estimate of drug-likeness (QED) is 0.479. The lowest BCUT2D eigenvalue weighted by Crippen LogP contribution is -1.79. The number of H-pyrrole nitrogens is 2. The third-order valence-electron chi connectivity index (χ3n) is 0.812. The van der Waals surface area contributed by atoms with Gasteiger partial charge in [0.2, 0.25) is 0 Å². The monoisotopic (exact) mass is 197 g/mol. The van der Waals surface area contributed by atoms with Crippen LogP contribution in [0.2, 0.25) is 0 Å². The van der Waals surface area contributed by atoms with Gasteiger partial charge in [-0.05, 0) is 0 Å². The Hall–Kier alpha value is -2.18. The highest BCUT2D eigenvalue weighted by molar-refractivity contribution is 4.65. The summed E-state index contributed by atoms with van der Waals surface area (Å²) in [7, 11) is 0.889. The van der Waals surface area contributed by atoms with E-state index in [4.69, 9.17) is 10.1 Å². The minimum atomic E-state index is -0.500. The maximum Gasteiger partial charge on any atom is 0.194 e.